The van der Waals surface area contributed by atoms with E-state index in [1.54, 1.807) is 12.1 Å². The SMILES string of the molecule is CCC(C)OCc1ccc(C=NN=C2NC(=O)CS2)cc1F. The molecule has 0 spiro atoms. The van der Waals surface area contributed by atoms with Gasteiger partial charge in [0.15, 0.2) is 5.17 Å². The van der Waals surface area contributed by atoms with Crippen LogP contribution in [0.3, 0.4) is 0 Å². The first kappa shape index (κ1) is 16.6. The van der Waals surface area contributed by atoms with E-state index in [0.29, 0.717) is 22.0 Å². The van der Waals surface area contributed by atoms with Crippen molar-refractivity contribution in [1.29, 1.82) is 0 Å². The van der Waals surface area contributed by atoms with Gasteiger partial charge in [0.1, 0.15) is 5.82 Å². The smallest absolute Gasteiger partial charge is 0.236 e. The normalized spacial score (nSPS) is 18.1. The molecule has 0 aliphatic carbocycles. The van der Waals surface area contributed by atoms with E-state index in [0.717, 1.165) is 6.42 Å². The summed E-state index contributed by atoms with van der Waals surface area (Å²) in [6.07, 6.45) is 2.44. The molecule has 1 saturated heterocycles. The average Bonchev–Trinajstić information content (AvgIpc) is 2.91. The maximum atomic E-state index is 13.9. The summed E-state index contributed by atoms with van der Waals surface area (Å²) < 4.78 is 19.5. The molecule has 1 aromatic carbocycles. The maximum absolute atomic E-state index is 13.9. The van der Waals surface area contributed by atoms with Crippen LogP contribution in [0, 0.1) is 5.82 Å². The van der Waals surface area contributed by atoms with Gasteiger partial charge in [0, 0.05) is 5.56 Å². The number of nitrogens with one attached hydrogen (secondary N) is 1. The lowest BCUT2D eigenvalue weighted by molar-refractivity contribution is -0.116. The van der Waals surface area contributed by atoms with Gasteiger partial charge in [0.25, 0.3) is 0 Å². The van der Waals surface area contributed by atoms with Crippen molar-refractivity contribution in [3.63, 3.8) is 0 Å². The molecular weight excluding hydrogens is 305 g/mol. The van der Waals surface area contributed by atoms with Crippen LogP contribution >= 0.6 is 11.8 Å². The topological polar surface area (TPSA) is 63.1 Å². The second-order valence-electron chi connectivity index (χ2n) is 4.87. The number of hydrogen-bond donors (Lipinski definition) is 1. The van der Waals surface area contributed by atoms with Crippen molar-refractivity contribution in [3.05, 3.63) is 35.1 Å². The number of ether oxygens (including phenoxy) is 1. The summed E-state index contributed by atoms with van der Waals surface area (Å²) in [4.78, 5) is 11.0. The third-order valence-electron chi connectivity index (χ3n) is 3.12. The molecule has 0 aromatic heterocycles. The van der Waals surface area contributed by atoms with Gasteiger partial charge in [-0.2, -0.15) is 5.10 Å². The lowest BCUT2D eigenvalue weighted by atomic mass is 10.1. The number of carbonyl (C=O) groups excluding carboxylic acids is 1. The highest BCUT2D eigenvalue weighted by molar-refractivity contribution is 8.15. The van der Waals surface area contributed by atoms with E-state index in [-0.39, 0.29) is 24.4 Å². The lowest BCUT2D eigenvalue weighted by Crippen LogP contribution is -2.19. The molecule has 2 rings (SSSR count). The van der Waals surface area contributed by atoms with E-state index < -0.39 is 0 Å². The quantitative estimate of drug-likeness (QED) is 0.647. The molecule has 1 aliphatic rings. The molecule has 1 fully saturated rings. The molecule has 1 atom stereocenters. The van der Waals surface area contributed by atoms with Crippen LogP contribution < -0.4 is 5.32 Å². The average molecular weight is 323 g/mol. The molecule has 1 heterocycles. The Morgan fingerprint density at radius 3 is 3.00 bits per heavy atom. The van der Waals surface area contributed by atoms with Crippen molar-refractivity contribution in [2.75, 3.05) is 5.75 Å². The van der Waals surface area contributed by atoms with Gasteiger partial charge in [-0.15, -0.1) is 5.10 Å². The van der Waals surface area contributed by atoms with E-state index in [4.69, 9.17) is 4.74 Å². The Labute approximate surface area is 133 Å². The molecule has 1 amide bonds. The van der Waals surface area contributed by atoms with Crippen LogP contribution in [0.15, 0.2) is 28.4 Å². The lowest BCUT2D eigenvalue weighted by Gasteiger charge is -2.11. The van der Waals surface area contributed by atoms with E-state index in [1.165, 1.54) is 24.0 Å². The minimum atomic E-state index is -0.330. The first-order chi connectivity index (χ1) is 10.6. The van der Waals surface area contributed by atoms with Gasteiger partial charge in [-0.3, -0.25) is 4.79 Å². The fraction of sp³-hybridized carbons (Fsp3) is 0.400. The Hall–Kier alpha value is -1.73. The largest absolute Gasteiger partial charge is 0.374 e. The second-order valence-corrected chi connectivity index (χ2v) is 5.83. The Bertz CT molecular complexity index is 604. The monoisotopic (exact) mass is 323 g/mol. The van der Waals surface area contributed by atoms with Gasteiger partial charge in [0.2, 0.25) is 5.91 Å². The minimum Gasteiger partial charge on any atom is -0.374 e. The summed E-state index contributed by atoms with van der Waals surface area (Å²) in [5.41, 5.74) is 1.12. The number of halogens is 1. The zero-order valence-corrected chi connectivity index (χ0v) is 13.3. The Morgan fingerprint density at radius 1 is 1.55 bits per heavy atom. The molecule has 7 heteroatoms. The molecule has 0 bridgehead atoms. The van der Waals surface area contributed by atoms with Gasteiger partial charge in [0.05, 0.1) is 24.7 Å². The van der Waals surface area contributed by atoms with Crippen LogP contribution in [0.4, 0.5) is 4.39 Å². The highest BCUT2D eigenvalue weighted by atomic mass is 32.2. The first-order valence-electron chi connectivity index (χ1n) is 7.02. The van der Waals surface area contributed by atoms with Crippen molar-refractivity contribution in [2.45, 2.75) is 33.0 Å². The van der Waals surface area contributed by atoms with E-state index in [9.17, 15) is 9.18 Å². The van der Waals surface area contributed by atoms with Crippen molar-refractivity contribution < 1.29 is 13.9 Å². The summed E-state index contributed by atoms with van der Waals surface area (Å²) in [5.74, 6) is -0.0625. The highest BCUT2D eigenvalue weighted by Gasteiger charge is 2.15. The van der Waals surface area contributed by atoms with E-state index in [1.807, 2.05) is 13.8 Å². The van der Waals surface area contributed by atoms with Crippen LogP contribution in [0.25, 0.3) is 0 Å². The number of benzene rings is 1. The summed E-state index contributed by atoms with van der Waals surface area (Å²) in [6, 6.07) is 4.82. The number of hydrogen-bond acceptors (Lipinski definition) is 5. The standard InChI is InChI=1S/C15H18FN3O2S/c1-3-10(2)21-8-12-5-4-11(6-13(12)16)7-17-19-15-18-14(20)9-22-15/h4-7,10H,3,8-9H2,1-2H3,(H,18,19,20). The zero-order chi connectivity index (χ0) is 15.9. The number of amides is 1. The number of thioether (sulfide) groups is 1. The van der Waals surface area contributed by atoms with Crippen molar-refractivity contribution >= 4 is 29.1 Å². The molecule has 118 valence electrons. The van der Waals surface area contributed by atoms with Crippen molar-refractivity contribution in [3.8, 4) is 0 Å². The Kier molecular flexibility index (Phi) is 6.09. The molecule has 1 aliphatic heterocycles. The van der Waals surface area contributed by atoms with E-state index in [2.05, 4.69) is 15.5 Å². The van der Waals surface area contributed by atoms with Gasteiger partial charge < -0.3 is 10.1 Å². The fourth-order valence-corrected chi connectivity index (χ4v) is 2.27. The third kappa shape index (κ3) is 4.92. The van der Waals surface area contributed by atoms with Crippen molar-refractivity contribution in [1.82, 2.24) is 5.32 Å². The summed E-state index contributed by atoms with van der Waals surface area (Å²) in [7, 11) is 0. The van der Waals surface area contributed by atoms with Gasteiger partial charge in [-0.05, 0) is 25.0 Å². The second kappa shape index (κ2) is 8.05. The van der Waals surface area contributed by atoms with E-state index >= 15 is 0 Å². The van der Waals surface area contributed by atoms with Crippen LogP contribution in [-0.2, 0) is 16.1 Å². The molecule has 1 unspecified atom stereocenters. The minimum absolute atomic E-state index is 0.0874. The number of carbonyl (C=O) groups is 1. The first-order valence-corrected chi connectivity index (χ1v) is 8.00. The molecule has 5 nitrogen and oxygen atoms in total. The molecular formula is C15H18FN3O2S. The van der Waals surface area contributed by atoms with Crippen LogP contribution in [-0.4, -0.2) is 29.1 Å². The molecule has 1 aromatic rings. The fourth-order valence-electron chi connectivity index (χ4n) is 1.64. The number of nitrogens with zero attached hydrogens (tertiary/aromatic N) is 2. The molecule has 22 heavy (non-hydrogen) atoms. The number of rotatable bonds is 6. The van der Waals surface area contributed by atoms with Crippen molar-refractivity contribution in [2.24, 2.45) is 10.2 Å². The van der Waals surface area contributed by atoms with Crippen LogP contribution in [0.1, 0.15) is 31.4 Å². The highest BCUT2D eigenvalue weighted by Crippen LogP contribution is 2.13. The van der Waals surface area contributed by atoms with Gasteiger partial charge in [-0.1, -0.05) is 30.8 Å². The van der Waals surface area contributed by atoms with Crippen LogP contribution in [0.5, 0.6) is 0 Å². The van der Waals surface area contributed by atoms with Crippen LogP contribution in [0.2, 0.25) is 0 Å². The predicted molar refractivity (Wildman–Crippen MR) is 86.6 cm³/mol. The third-order valence-corrected chi connectivity index (χ3v) is 3.98. The Morgan fingerprint density at radius 2 is 2.36 bits per heavy atom. The Balaban J connectivity index is 1.95. The zero-order valence-electron chi connectivity index (χ0n) is 12.5. The molecule has 0 radical (unpaired) electrons. The predicted octanol–water partition coefficient (Wildman–Crippen LogP) is 2.69. The summed E-state index contributed by atoms with van der Waals surface area (Å²) in [6.45, 7) is 4.23. The van der Waals surface area contributed by atoms with Gasteiger partial charge in [-0.25, -0.2) is 4.39 Å². The van der Waals surface area contributed by atoms with Gasteiger partial charge >= 0.3 is 0 Å². The summed E-state index contributed by atoms with van der Waals surface area (Å²) in [5, 5.41) is 10.7. The molecule has 0 saturated carbocycles. The number of amidine groups is 1. The molecule has 1 N–H and O–H groups in total. The maximum Gasteiger partial charge on any atom is 0.236 e. The summed E-state index contributed by atoms with van der Waals surface area (Å²) >= 11 is 1.29.